The quantitative estimate of drug-likeness (QED) is 0.153. The van der Waals surface area contributed by atoms with Crippen molar-refractivity contribution in [3.05, 3.63) is 103 Å². The van der Waals surface area contributed by atoms with Crippen LogP contribution in [-0.2, 0) is 10.1 Å². The molecule has 0 spiro atoms. The van der Waals surface area contributed by atoms with Crippen LogP contribution in [0.25, 0.3) is 10.8 Å². The fourth-order valence-corrected chi connectivity index (χ4v) is 4.04. The van der Waals surface area contributed by atoms with E-state index in [1.807, 2.05) is 60.7 Å². The van der Waals surface area contributed by atoms with Crippen molar-refractivity contribution in [1.82, 2.24) is 15.0 Å². The van der Waals surface area contributed by atoms with E-state index in [0.717, 1.165) is 10.8 Å². The molecule has 11 nitrogen and oxygen atoms in total. The first kappa shape index (κ1) is 23.8. The number of rotatable bonds is 7. The Morgan fingerprint density at radius 2 is 1.43 bits per heavy atom. The molecule has 0 fully saturated rings. The minimum Gasteiger partial charge on any atom is -0.282 e. The highest BCUT2D eigenvalue weighted by molar-refractivity contribution is 7.86. The van der Waals surface area contributed by atoms with Crippen LogP contribution in [-0.4, -0.2) is 27.9 Å². The van der Waals surface area contributed by atoms with Crippen molar-refractivity contribution in [1.29, 1.82) is 0 Å². The lowest BCUT2D eigenvalue weighted by Crippen LogP contribution is -2.12. The molecule has 0 amide bonds. The number of azo groups is 1. The number of benzene rings is 4. The first-order chi connectivity index (χ1) is 18.0. The third-order valence-corrected chi connectivity index (χ3v) is 5.99. The molecular formula is C25H17N8O3S. The Labute approximate surface area is 211 Å². The molecule has 37 heavy (non-hydrogen) atoms. The zero-order valence-electron chi connectivity index (χ0n) is 19.0. The number of hydrogen-bond donors (Lipinski definition) is 1. The maximum atomic E-state index is 11.6. The third-order valence-electron chi connectivity index (χ3n) is 5.09. The highest BCUT2D eigenvalue weighted by Gasteiger charge is 2.16. The van der Waals surface area contributed by atoms with Gasteiger partial charge in [0.1, 0.15) is 10.6 Å². The molecule has 0 unspecified atom stereocenters. The summed E-state index contributed by atoms with van der Waals surface area (Å²) in [5.74, 6) is -0.0985. The van der Waals surface area contributed by atoms with Crippen molar-refractivity contribution in [2.75, 3.05) is 5.01 Å². The fraction of sp³-hybridized carbons (Fsp3) is 0. The first-order valence-electron chi connectivity index (χ1n) is 10.8. The Bertz CT molecular complexity index is 1720. The van der Waals surface area contributed by atoms with Gasteiger partial charge in [0.05, 0.1) is 11.4 Å². The summed E-state index contributed by atoms with van der Waals surface area (Å²) in [5.41, 5.74) is 1.19. The predicted molar refractivity (Wildman–Crippen MR) is 136 cm³/mol. The standard InChI is InChI=1S/C25H17N8O3S/c34-37(35,36)23-16-7-6-14-22(23)29-31-24-26-17-27-25(28-24)33(19-11-2-1-3-12-19)32-30-21-15-8-10-18-9-4-5-13-20(18)21/h1-16H,(H,34,35,36). The van der Waals surface area contributed by atoms with Gasteiger partial charge in [-0.1, -0.05) is 72.0 Å². The van der Waals surface area contributed by atoms with Gasteiger partial charge in [-0.05, 0) is 35.7 Å². The molecule has 0 atom stereocenters. The average molecular weight is 510 g/mol. The van der Waals surface area contributed by atoms with Crippen LogP contribution >= 0.6 is 0 Å². The molecule has 181 valence electrons. The number of hydrogen-bond acceptors (Lipinski definition) is 9. The Hall–Kier alpha value is -4.94. The molecule has 12 heteroatoms. The van der Waals surface area contributed by atoms with Crippen molar-refractivity contribution < 1.29 is 13.0 Å². The van der Waals surface area contributed by atoms with Crippen molar-refractivity contribution in [2.45, 2.75) is 4.90 Å². The topological polar surface area (TPSA) is 146 Å². The average Bonchev–Trinajstić information content (AvgIpc) is 2.93. The first-order valence-corrected chi connectivity index (χ1v) is 12.3. The van der Waals surface area contributed by atoms with Crippen LogP contribution in [0.2, 0.25) is 0 Å². The van der Waals surface area contributed by atoms with Crippen LogP contribution in [0.4, 0.5) is 29.0 Å². The van der Waals surface area contributed by atoms with E-state index in [4.69, 9.17) is 0 Å². The Balaban J connectivity index is 1.52. The van der Waals surface area contributed by atoms with Gasteiger partial charge in [0.2, 0.25) is 6.33 Å². The van der Waals surface area contributed by atoms with Gasteiger partial charge >= 0.3 is 0 Å². The molecule has 0 saturated carbocycles. The summed E-state index contributed by atoms with van der Waals surface area (Å²) in [6, 6.07) is 28.3. The molecule has 0 aliphatic carbocycles. The zero-order valence-corrected chi connectivity index (χ0v) is 19.8. The summed E-state index contributed by atoms with van der Waals surface area (Å²) in [7, 11) is -4.50. The minimum atomic E-state index is -4.50. The second-order valence-corrected chi connectivity index (χ2v) is 8.90. The van der Waals surface area contributed by atoms with E-state index in [9.17, 15) is 13.0 Å². The molecule has 1 aromatic heterocycles. The molecule has 0 bridgehead atoms. The van der Waals surface area contributed by atoms with Gasteiger partial charge in [-0.2, -0.15) is 28.4 Å². The molecule has 5 aromatic rings. The van der Waals surface area contributed by atoms with Gasteiger partial charge in [0.15, 0.2) is 0 Å². The molecule has 1 heterocycles. The molecular weight excluding hydrogens is 492 g/mol. The molecule has 1 N–H and O–H groups in total. The lowest BCUT2D eigenvalue weighted by molar-refractivity contribution is 0.483. The van der Waals surface area contributed by atoms with E-state index >= 15 is 0 Å². The third kappa shape index (κ3) is 5.50. The van der Waals surface area contributed by atoms with Crippen molar-refractivity contribution >= 4 is 49.8 Å². The number of aromatic nitrogens is 3. The van der Waals surface area contributed by atoms with Crippen LogP contribution in [0, 0.1) is 6.33 Å². The van der Waals surface area contributed by atoms with Gasteiger partial charge < -0.3 is 0 Å². The van der Waals surface area contributed by atoms with Crippen molar-refractivity contribution in [2.24, 2.45) is 20.6 Å². The number of anilines is 2. The molecule has 0 aliphatic rings. The maximum Gasteiger partial charge on any atom is 0.296 e. The van der Waals surface area contributed by atoms with Crippen molar-refractivity contribution in [3.63, 3.8) is 0 Å². The number of fused-ring (bicyclic) bond motifs is 1. The van der Waals surface area contributed by atoms with Gasteiger partial charge in [-0.25, -0.2) is 0 Å². The summed E-state index contributed by atoms with van der Waals surface area (Å²) in [5, 5.41) is 20.0. The molecule has 4 aromatic carbocycles. The van der Waals surface area contributed by atoms with E-state index in [2.05, 4.69) is 41.8 Å². The molecule has 1 radical (unpaired) electrons. The lowest BCUT2D eigenvalue weighted by atomic mass is 10.1. The van der Waals surface area contributed by atoms with E-state index in [0.29, 0.717) is 11.4 Å². The normalized spacial score (nSPS) is 11.9. The lowest BCUT2D eigenvalue weighted by Gasteiger charge is -2.15. The minimum absolute atomic E-state index is 0.0576. The van der Waals surface area contributed by atoms with Gasteiger partial charge in [-0.3, -0.25) is 4.55 Å². The largest absolute Gasteiger partial charge is 0.296 e. The van der Waals surface area contributed by atoms with Gasteiger partial charge in [0.25, 0.3) is 22.0 Å². The summed E-state index contributed by atoms with van der Waals surface area (Å²) in [6.45, 7) is 0. The summed E-state index contributed by atoms with van der Waals surface area (Å²) >= 11 is 0. The zero-order chi connectivity index (χ0) is 25.7. The van der Waals surface area contributed by atoms with E-state index in [1.54, 1.807) is 18.2 Å². The highest BCUT2D eigenvalue weighted by atomic mass is 32.2. The van der Waals surface area contributed by atoms with Crippen LogP contribution in [0.5, 0.6) is 0 Å². The Morgan fingerprint density at radius 3 is 2.27 bits per heavy atom. The van der Waals surface area contributed by atoms with E-state index < -0.39 is 15.0 Å². The smallest absolute Gasteiger partial charge is 0.282 e. The molecule has 5 rings (SSSR count). The van der Waals surface area contributed by atoms with E-state index in [-0.39, 0.29) is 17.6 Å². The Morgan fingerprint density at radius 1 is 0.730 bits per heavy atom. The van der Waals surface area contributed by atoms with Crippen LogP contribution in [0.3, 0.4) is 0 Å². The SMILES string of the molecule is O=S(=O)(O)c1ccccc1N=Nc1n[c]nc(N(N=Nc2cccc3ccccc23)c2ccccc2)n1. The van der Waals surface area contributed by atoms with Gasteiger partial charge in [-0.15, -0.1) is 15.3 Å². The number of nitrogens with zero attached hydrogens (tertiary/aromatic N) is 8. The second kappa shape index (κ2) is 10.4. The second-order valence-electron chi connectivity index (χ2n) is 7.51. The predicted octanol–water partition coefficient (Wildman–Crippen LogP) is 6.32. The number of para-hydroxylation sites is 1. The van der Waals surface area contributed by atoms with Crippen LogP contribution < -0.4 is 5.01 Å². The summed E-state index contributed by atoms with van der Waals surface area (Å²) in [6.07, 6.45) is 2.46. The maximum absolute atomic E-state index is 11.6. The highest BCUT2D eigenvalue weighted by Crippen LogP contribution is 2.29. The van der Waals surface area contributed by atoms with Crippen LogP contribution in [0.1, 0.15) is 0 Å². The fourth-order valence-electron chi connectivity index (χ4n) is 3.41. The summed E-state index contributed by atoms with van der Waals surface area (Å²) < 4.78 is 32.6. The monoisotopic (exact) mass is 509 g/mol. The van der Waals surface area contributed by atoms with Crippen LogP contribution in [0.15, 0.2) is 123 Å². The van der Waals surface area contributed by atoms with E-state index in [1.165, 1.54) is 23.2 Å². The molecule has 0 saturated heterocycles. The molecule has 0 aliphatic heterocycles. The summed E-state index contributed by atoms with van der Waals surface area (Å²) in [4.78, 5) is 11.8. The van der Waals surface area contributed by atoms with Gasteiger partial charge in [0, 0.05) is 5.39 Å². The van der Waals surface area contributed by atoms with Crippen molar-refractivity contribution in [3.8, 4) is 0 Å². The Kier molecular flexibility index (Phi) is 6.66.